The van der Waals surface area contributed by atoms with Gasteiger partial charge in [-0.05, 0) is 18.2 Å². The zero-order valence-electron chi connectivity index (χ0n) is 9.67. The molecule has 4 N–H and O–H groups in total. The maximum absolute atomic E-state index is 13.3. The predicted octanol–water partition coefficient (Wildman–Crippen LogP) is 0.937. The quantitative estimate of drug-likeness (QED) is 0.703. The molecule has 1 atom stereocenters. The van der Waals surface area contributed by atoms with Crippen molar-refractivity contribution >= 4 is 5.91 Å². The Morgan fingerprint density at radius 3 is 2.58 bits per heavy atom. The summed E-state index contributed by atoms with van der Waals surface area (Å²) in [4.78, 5) is 10.9. The molecule has 0 aliphatic rings. The van der Waals surface area contributed by atoms with E-state index in [1.54, 1.807) is 0 Å². The molecule has 0 saturated carbocycles. The summed E-state index contributed by atoms with van der Waals surface area (Å²) in [5, 5.41) is 11.0. The Morgan fingerprint density at radius 2 is 2.05 bits per heavy atom. The summed E-state index contributed by atoms with van der Waals surface area (Å²) in [6, 6.07) is 3.31. The Bertz CT molecular complexity index is 462. The lowest BCUT2D eigenvalue weighted by Gasteiger charge is -2.15. The summed E-state index contributed by atoms with van der Waals surface area (Å²) in [5.74, 6) is -1.45. The first-order valence-corrected chi connectivity index (χ1v) is 5.25. The lowest BCUT2D eigenvalue weighted by molar-refractivity contribution is -0.201. The normalized spacial score (nSPS) is 13.3. The van der Waals surface area contributed by atoms with Gasteiger partial charge < -0.3 is 16.2 Å². The predicted molar refractivity (Wildman–Crippen MR) is 58.7 cm³/mol. The Labute approximate surface area is 106 Å². The highest BCUT2D eigenvalue weighted by Crippen LogP contribution is 2.19. The standard InChI is InChI=1S/C11H12F4N2O2/c12-8-2-1-6(10(16)19)3-7(8)4-17-5-9(18)11(13,14)15/h1-3,9,17-18H,4-5H2,(H2,16,19). The van der Waals surface area contributed by atoms with Crippen LogP contribution in [0.3, 0.4) is 0 Å². The van der Waals surface area contributed by atoms with Crippen LogP contribution in [0, 0.1) is 5.82 Å². The van der Waals surface area contributed by atoms with E-state index in [-0.39, 0.29) is 17.7 Å². The number of hydrogen-bond donors (Lipinski definition) is 3. The summed E-state index contributed by atoms with van der Waals surface area (Å²) in [7, 11) is 0. The SMILES string of the molecule is NC(=O)c1ccc(F)c(CNCC(O)C(F)(F)F)c1. The minimum Gasteiger partial charge on any atom is -0.382 e. The van der Waals surface area contributed by atoms with Crippen LogP contribution in [0.5, 0.6) is 0 Å². The number of amides is 1. The second-order valence-electron chi connectivity index (χ2n) is 3.86. The van der Waals surface area contributed by atoms with Gasteiger partial charge >= 0.3 is 6.18 Å². The Balaban J connectivity index is 2.63. The van der Waals surface area contributed by atoms with Crippen LogP contribution in [-0.2, 0) is 6.54 Å². The van der Waals surface area contributed by atoms with Crippen molar-refractivity contribution in [3.05, 3.63) is 35.1 Å². The van der Waals surface area contributed by atoms with E-state index in [1.807, 2.05) is 0 Å². The van der Waals surface area contributed by atoms with Crippen LogP contribution in [-0.4, -0.2) is 29.8 Å². The van der Waals surface area contributed by atoms with Gasteiger partial charge in [0.15, 0.2) is 6.10 Å². The van der Waals surface area contributed by atoms with Crippen LogP contribution in [0.15, 0.2) is 18.2 Å². The molecule has 0 heterocycles. The lowest BCUT2D eigenvalue weighted by Crippen LogP contribution is -2.38. The summed E-state index contributed by atoms with van der Waals surface area (Å²) in [6.45, 7) is -1.04. The molecular formula is C11H12F4N2O2. The molecule has 1 rings (SSSR count). The van der Waals surface area contributed by atoms with E-state index in [0.717, 1.165) is 12.1 Å². The van der Waals surface area contributed by atoms with Crippen molar-refractivity contribution in [2.75, 3.05) is 6.54 Å². The van der Waals surface area contributed by atoms with Crippen LogP contribution in [0.1, 0.15) is 15.9 Å². The number of primary amides is 1. The van der Waals surface area contributed by atoms with Crippen LogP contribution < -0.4 is 11.1 Å². The highest BCUT2D eigenvalue weighted by atomic mass is 19.4. The van der Waals surface area contributed by atoms with Crippen molar-refractivity contribution < 1.29 is 27.5 Å². The Hall–Kier alpha value is -1.67. The number of hydrogen-bond acceptors (Lipinski definition) is 3. The van der Waals surface area contributed by atoms with Crippen LogP contribution >= 0.6 is 0 Å². The number of benzene rings is 1. The summed E-state index contributed by atoms with van der Waals surface area (Å²) < 4.78 is 49.3. The summed E-state index contributed by atoms with van der Waals surface area (Å²) >= 11 is 0. The van der Waals surface area contributed by atoms with Crippen molar-refractivity contribution in [2.24, 2.45) is 5.73 Å². The Morgan fingerprint density at radius 1 is 1.42 bits per heavy atom. The average Bonchev–Trinajstić information content (AvgIpc) is 2.29. The second kappa shape index (κ2) is 5.98. The van der Waals surface area contributed by atoms with Crippen molar-refractivity contribution in [1.82, 2.24) is 5.32 Å². The van der Waals surface area contributed by atoms with Gasteiger partial charge in [-0.3, -0.25) is 4.79 Å². The molecule has 106 valence electrons. The van der Waals surface area contributed by atoms with E-state index in [2.05, 4.69) is 5.32 Å². The van der Waals surface area contributed by atoms with E-state index in [4.69, 9.17) is 10.8 Å². The van der Waals surface area contributed by atoms with E-state index in [1.165, 1.54) is 6.07 Å². The third-order valence-electron chi connectivity index (χ3n) is 2.36. The molecular weight excluding hydrogens is 268 g/mol. The van der Waals surface area contributed by atoms with Gasteiger partial charge in [-0.25, -0.2) is 4.39 Å². The maximum atomic E-state index is 13.3. The minimum absolute atomic E-state index is 0.00863. The summed E-state index contributed by atoms with van der Waals surface area (Å²) in [6.07, 6.45) is -7.27. The third-order valence-corrected chi connectivity index (χ3v) is 2.36. The van der Waals surface area contributed by atoms with Crippen LogP contribution in [0.25, 0.3) is 0 Å². The largest absolute Gasteiger partial charge is 0.415 e. The van der Waals surface area contributed by atoms with E-state index < -0.39 is 30.5 Å². The van der Waals surface area contributed by atoms with E-state index in [0.29, 0.717) is 0 Å². The molecule has 0 aliphatic carbocycles. The number of rotatable bonds is 5. The van der Waals surface area contributed by atoms with Crippen LogP contribution in [0.4, 0.5) is 17.6 Å². The molecule has 0 fully saturated rings. The number of carbonyl (C=O) groups is 1. The van der Waals surface area contributed by atoms with Gasteiger partial charge in [-0.15, -0.1) is 0 Å². The molecule has 1 aromatic rings. The number of halogens is 4. The zero-order chi connectivity index (χ0) is 14.6. The first-order chi connectivity index (χ1) is 8.71. The topological polar surface area (TPSA) is 75.4 Å². The molecule has 0 aliphatic heterocycles. The third kappa shape index (κ3) is 4.49. The van der Waals surface area contributed by atoms with Gasteiger partial charge in [0.2, 0.25) is 5.91 Å². The van der Waals surface area contributed by atoms with Crippen molar-refractivity contribution in [3.63, 3.8) is 0 Å². The molecule has 1 aromatic carbocycles. The van der Waals surface area contributed by atoms with Gasteiger partial charge in [-0.1, -0.05) is 0 Å². The van der Waals surface area contributed by atoms with Gasteiger partial charge in [0.1, 0.15) is 5.82 Å². The minimum atomic E-state index is -4.74. The van der Waals surface area contributed by atoms with Gasteiger partial charge in [-0.2, -0.15) is 13.2 Å². The number of nitrogens with two attached hydrogens (primary N) is 1. The summed E-state index contributed by atoms with van der Waals surface area (Å²) in [5.41, 5.74) is 5.04. The van der Waals surface area contributed by atoms with Crippen molar-refractivity contribution in [3.8, 4) is 0 Å². The number of nitrogens with one attached hydrogen (secondary N) is 1. The highest BCUT2D eigenvalue weighted by molar-refractivity contribution is 5.92. The molecule has 1 amide bonds. The van der Waals surface area contributed by atoms with Crippen LogP contribution in [0.2, 0.25) is 0 Å². The van der Waals surface area contributed by atoms with Gasteiger partial charge in [0, 0.05) is 24.2 Å². The fraction of sp³-hybridized carbons (Fsp3) is 0.364. The second-order valence-corrected chi connectivity index (χ2v) is 3.86. The van der Waals surface area contributed by atoms with E-state index >= 15 is 0 Å². The molecule has 19 heavy (non-hydrogen) atoms. The first kappa shape index (κ1) is 15.4. The van der Waals surface area contributed by atoms with E-state index in [9.17, 15) is 22.4 Å². The molecule has 0 radical (unpaired) electrons. The monoisotopic (exact) mass is 280 g/mol. The average molecular weight is 280 g/mol. The Kier molecular flexibility index (Phi) is 4.84. The van der Waals surface area contributed by atoms with Crippen molar-refractivity contribution in [1.29, 1.82) is 0 Å². The fourth-order valence-electron chi connectivity index (χ4n) is 1.32. The number of aliphatic hydroxyl groups excluding tert-OH is 1. The zero-order valence-corrected chi connectivity index (χ0v) is 9.67. The number of alkyl halides is 3. The molecule has 1 unspecified atom stereocenters. The maximum Gasteiger partial charge on any atom is 0.415 e. The first-order valence-electron chi connectivity index (χ1n) is 5.25. The van der Waals surface area contributed by atoms with Crippen molar-refractivity contribution in [2.45, 2.75) is 18.8 Å². The molecule has 0 saturated heterocycles. The molecule has 4 nitrogen and oxygen atoms in total. The smallest absolute Gasteiger partial charge is 0.382 e. The highest BCUT2D eigenvalue weighted by Gasteiger charge is 2.37. The molecule has 0 aromatic heterocycles. The molecule has 0 spiro atoms. The molecule has 8 heteroatoms. The van der Waals surface area contributed by atoms with Gasteiger partial charge in [0.25, 0.3) is 0 Å². The fourth-order valence-corrected chi connectivity index (χ4v) is 1.32. The lowest BCUT2D eigenvalue weighted by atomic mass is 10.1. The number of aliphatic hydroxyl groups is 1. The number of carbonyl (C=O) groups excluding carboxylic acids is 1. The molecule has 0 bridgehead atoms. The van der Waals surface area contributed by atoms with Gasteiger partial charge in [0.05, 0.1) is 0 Å².